The lowest BCUT2D eigenvalue weighted by Gasteiger charge is -2.40. The molecule has 0 fully saturated rings. The highest BCUT2D eigenvalue weighted by atomic mass is 127. The van der Waals surface area contributed by atoms with Gasteiger partial charge >= 0.3 is 35.8 Å². The van der Waals surface area contributed by atoms with Gasteiger partial charge in [0.25, 0.3) is 0 Å². The summed E-state index contributed by atoms with van der Waals surface area (Å²) in [6.45, 7) is 0. The highest BCUT2D eigenvalue weighted by molar-refractivity contribution is 7.95. The Bertz CT molecular complexity index is 1170. The molecule has 0 aliphatic rings. The zero-order valence-corrected chi connectivity index (χ0v) is 23.4. The Hall–Kier alpha value is -2.09. The molecule has 0 spiro atoms. The first-order valence-electron chi connectivity index (χ1n) is 11.3. The maximum absolute atomic E-state index is 14.9. The van der Waals surface area contributed by atoms with Crippen LogP contribution in [0.4, 0.5) is 57.1 Å². The van der Waals surface area contributed by atoms with Crippen molar-refractivity contribution >= 4 is 23.2 Å². The molecule has 0 amide bonds. The van der Waals surface area contributed by atoms with Crippen molar-refractivity contribution in [3.8, 4) is 0 Å². The van der Waals surface area contributed by atoms with Crippen molar-refractivity contribution in [1.29, 1.82) is 0 Å². The summed E-state index contributed by atoms with van der Waals surface area (Å²) in [7, 11) is -3.45. The van der Waals surface area contributed by atoms with Crippen molar-refractivity contribution in [1.82, 2.24) is 0 Å². The molecular weight excluding hydrogens is 717 g/mol. The van der Waals surface area contributed by atoms with E-state index in [1.54, 1.807) is 18.2 Å². The number of alkyl halides is 13. The number of benzene rings is 3. The summed E-state index contributed by atoms with van der Waals surface area (Å²) in [6, 6.07) is 22.3. The number of halogens is 14. The van der Waals surface area contributed by atoms with E-state index in [2.05, 4.69) is 0 Å². The van der Waals surface area contributed by atoms with Crippen LogP contribution in [0, 0.1) is 0 Å². The molecule has 0 radical (unpaired) electrons. The van der Waals surface area contributed by atoms with Gasteiger partial charge in [0.2, 0.25) is 0 Å². The maximum Gasteiger partial charge on any atom is 0.460 e. The number of hydrogen-bond acceptors (Lipinski definition) is 0. The van der Waals surface area contributed by atoms with E-state index in [1.165, 1.54) is 72.8 Å². The summed E-state index contributed by atoms with van der Waals surface area (Å²) in [4.78, 5) is 0. The third kappa shape index (κ3) is 5.79. The molecule has 41 heavy (non-hydrogen) atoms. The van der Waals surface area contributed by atoms with E-state index >= 15 is 0 Å². The third-order valence-corrected chi connectivity index (χ3v) is 10.8. The van der Waals surface area contributed by atoms with Crippen molar-refractivity contribution in [2.75, 3.05) is 6.16 Å². The van der Waals surface area contributed by atoms with Crippen LogP contribution in [0.5, 0.6) is 0 Å². The first kappa shape index (κ1) is 35.1. The molecule has 3 aromatic carbocycles. The van der Waals surface area contributed by atoms with E-state index in [0.29, 0.717) is 15.9 Å². The van der Waals surface area contributed by atoms with Crippen LogP contribution in [0.25, 0.3) is 0 Å². The van der Waals surface area contributed by atoms with Gasteiger partial charge in [0.1, 0.15) is 23.2 Å². The van der Waals surface area contributed by atoms with Gasteiger partial charge in [-0.1, -0.05) is 54.6 Å². The number of rotatable bonds is 10. The zero-order chi connectivity index (χ0) is 30.3. The second-order valence-corrected chi connectivity index (χ2v) is 12.4. The smallest absolute Gasteiger partial charge is 0.460 e. The van der Waals surface area contributed by atoms with E-state index in [-0.39, 0.29) is 24.0 Å². The summed E-state index contributed by atoms with van der Waals surface area (Å²) in [5.41, 5.74) is 0. The summed E-state index contributed by atoms with van der Waals surface area (Å²) < 4.78 is 178. The Kier molecular flexibility index (Phi) is 10.2. The predicted molar refractivity (Wildman–Crippen MR) is 125 cm³/mol. The average molecular weight is 736 g/mol. The summed E-state index contributed by atoms with van der Waals surface area (Å²) in [5.74, 6) is -37.0. The molecule has 0 unspecified atom stereocenters. The molecule has 0 saturated heterocycles. The minimum Gasteiger partial charge on any atom is -1.00 e. The summed E-state index contributed by atoms with van der Waals surface area (Å²) in [6.07, 6.45) is -10.8. The second kappa shape index (κ2) is 11.9. The van der Waals surface area contributed by atoms with Gasteiger partial charge in [-0.3, -0.25) is 0 Å². The fourth-order valence-electron chi connectivity index (χ4n) is 4.15. The Labute approximate surface area is 243 Å². The minimum absolute atomic E-state index is 0. The fourth-order valence-corrected chi connectivity index (χ4v) is 8.48. The van der Waals surface area contributed by atoms with Crippen molar-refractivity contribution in [3.05, 3.63) is 91.0 Å². The molecule has 0 nitrogen and oxygen atoms in total. The average Bonchev–Trinajstić information content (AvgIpc) is 2.90. The van der Waals surface area contributed by atoms with Gasteiger partial charge < -0.3 is 24.0 Å². The Morgan fingerprint density at radius 1 is 0.415 bits per heavy atom. The van der Waals surface area contributed by atoms with Gasteiger partial charge in [0, 0.05) is 0 Å². The Balaban J connectivity index is 0.00000588. The van der Waals surface area contributed by atoms with Gasteiger partial charge in [-0.05, 0) is 36.4 Å². The third-order valence-electron chi connectivity index (χ3n) is 6.35. The summed E-state index contributed by atoms with van der Waals surface area (Å²) in [5, 5.41) is 0.895. The van der Waals surface area contributed by atoms with Crippen LogP contribution in [0.1, 0.15) is 6.42 Å². The molecule has 0 aromatic heterocycles. The SMILES string of the molecule is FC(F)(F)C(F)(F)C(F)(F)C(F)(F)C(F)(F)C(F)(F)CC[P+](c1ccccc1)(c1ccccc1)c1ccccc1.[I-]. The van der Waals surface area contributed by atoms with Crippen LogP contribution in [0.3, 0.4) is 0 Å². The predicted octanol–water partition coefficient (Wildman–Crippen LogP) is 5.11. The van der Waals surface area contributed by atoms with E-state index < -0.39 is 55.6 Å². The molecule has 0 N–H and O–H groups in total. The highest BCUT2D eigenvalue weighted by Crippen LogP contribution is 2.63. The maximum atomic E-state index is 14.9. The molecule has 3 rings (SSSR count). The topological polar surface area (TPSA) is 0 Å². The van der Waals surface area contributed by atoms with Gasteiger partial charge in [-0.15, -0.1) is 0 Å². The molecule has 0 saturated carbocycles. The van der Waals surface area contributed by atoms with Crippen molar-refractivity contribution in [2.24, 2.45) is 0 Å². The quantitative estimate of drug-likeness (QED) is 0.154. The molecule has 0 bridgehead atoms. The highest BCUT2D eigenvalue weighted by Gasteiger charge is 2.90. The van der Waals surface area contributed by atoms with Crippen molar-refractivity contribution in [3.63, 3.8) is 0 Å². The Morgan fingerprint density at radius 2 is 0.707 bits per heavy atom. The van der Waals surface area contributed by atoms with Crippen molar-refractivity contribution in [2.45, 2.75) is 42.2 Å². The van der Waals surface area contributed by atoms with E-state index in [9.17, 15) is 57.1 Å². The van der Waals surface area contributed by atoms with Gasteiger partial charge in [0.05, 0.1) is 12.6 Å². The normalized spacial score (nSPS) is 14.0. The largest absolute Gasteiger partial charge is 1.00 e. The van der Waals surface area contributed by atoms with Crippen LogP contribution in [-0.2, 0) is 0 Å². The number of hydrogen-bond donors (Lipinski definition) is 0. The van der Waals surface area contributed by atoms with Gasteiger partial charge in [-0.2, -0.15) is 57.1 Å². The molecule has 15 heteroatoms. The molecule has 226 valence electrons. The van der Waals surface area contributed by atoms with E-state index in [0.717, 1.165) is 0 Å². The van der Waals surface area contributed by atoms with Crippen LogP contribution in [-0.4, -0.2) is 42.0 Å². The molecule has 0 aliphatic carbocycles. The van der Waals surface area contributed by atoms with E-state index in [4.69, 9.17) is 0 Å². The minimum atomic E-state index is -7.92. The Morgan fingerprint density at radius 3 is 1.00 bits per heavy atom. The van der Waals surface area contributed by atoms with Gasteiger partial charge in [-0.25, -0.2) is 0 Å². The lowest BCUT2D eigenvalue weighted by molar-refractivity contribution is -0.439. The van der Waals surface area contributed by atoms with Gasteiger partial charge in [0.15, 0.2) is 0 Å². The monoisotopic (exact) mass is 736 g/mol. The zero-order valence-electron chi connectivity index (χ0n) is 20.3. The molecular formula is C26H19F13IP. The second-order valence-electron chi connectivity index (χ2n) is 8.79. The van der Waals surface area contributed by atoms with Crippen LogP contribution in [0.2, 0.25) is 0 Å². The summed E-state index contributed by atoms with van der Waals surface area (Å²) >= 11 is 0. The standard InChI is InChI=1S/C26H19F13P.HI/c27-21(28,22(29,30)23(31,32)24(33,34)25(35,36)26(37,38)39)16-17-40(18-10-4-1-5-11-18,19-12-6-2-7-13-19)20-14-8-3-9-15-20;/h1-15H,16-17H2;1H/q+1;/p-1. The van der Waals surface area contributed by atoms with Crippen LogP contribution >= 0.6 is 7.26 Å². The van der Waals surface area contributed by atoms with E-state index in [1.807, 2.05) is 0 Å². The van der Waals surface area contributed by atoms with Crippen molar-refractivity contribution < 1.29 is 81.1 Å². The van der Waals surface area contributed by atoms with Crippen LogP contribution < -0.4 is 39.9 Å². The van der Waals surface area contributed by atoms with Crippen LogP contribution in [0.15, 0.2) is 91.0 Å². The molecule has 0 heterocycles. The lowest BCUT2D eigenvalue weighted by atomic mass is 9.93. The molecule has 0 atom stereocenters. The fraction of sp³-hybridized carbons (Fsp3) is 0.308. The molecule has 0 aliphatic heterocycles. The molecule has 3 aromatic rings. The first-order valence-corrected chi connectivity index (χ1v) is 13.3. The lowest BCUT2D eigenvalue weighted by Crippen LogP contribution is -3.00. The first-order chi connectivity index (χ1) is 18.3.